The molecule has 42 heavy (non-hydrogen) atoms. The average Bonchev–Trinajstić information content (AvgIpc) is 3.31. The molecule has 4 bridgehead atoms. The Kier molecular flexibility index (Phi) is 5.51. The van der Waals surface area contributed by atoms with Crippen LogP contribution in [0.2, 0.25) is 5.02 Å². The van der Waals surface area contributed by atoms with Crippen molar-refractivity contribution in [2.75, 3.05) is 4.90 Å². The molecule has 4 saturated carbocycles. The highest BCUT2D eigenvalue weighted by Crippen LogP contribution is 2.70. The molecular formula is C40H34ClN. The van der Waals surface area contributed by atoms with Crippen LogP contribution in [-0.4, -0.2) is 0 Å². The molecule has 0 atom stereocenters. The summed E-state index contributed by atoms with van der Waals surface area (Å²) in [6.07, 6.45) is 6.97. The summed E-state index contributed by atoms with van der Waals surface area (Å²) in [6, 6.07) is 44.3. The Labute approximate surface area is 253 Å². The van der Waals surface area contributed by atoms with Gasteiger partial charge in [0.05, 0.1) is 10.7 Å². The summed E-state index contributed by atoms with van der Waals surface area (Å²) < 4.78 is 0. The summed E-state index contributed by atoms with van der Waals surface area (Å²) in [6.45, 7) is 0. The third kappa shape index (κ3) is 3.50. The number of fused-ring (bicyclic) bond motifs is 3. The first kappa shape index (κ1) is 24.8. The Morgan fingerprint density at radius 2 is 1.10 bits per heavy atom. The van der Waals surface area contributed by atoms with Crippen LogP contribution in [-0.2, 0) is 5.41 Å². The molecule has 10 rings (SSSR count). The number of hydrogen-bond donors (Lipinski definition) is 0. The maximum atomic E-state index is 7.33. The third-order valence-corrected chi connectivity index (χ3v) is 11.4. The zero-order valence-electron chi connectivity index (χ0n) is 23.7. The predicted molar refractivity (Wildman–Crippen MR) is 175 cm³/mol. The highest BCUT2D eigenvalue weighted by molar-refractivity contribution is 6.34. The molecule has 5 aliphatic carbocycles. The standard InChI is InChI=1S/C40H34ClN/c41-38-24-35-34-13-7-8-14-36(34)40(30-20-26-19-27(22-30)23-31(40)21-26)37(35)25-39(38)42(32-11-5-2-6-12-32)33-17-15-29(16-18-33)28-9-3-1-4-10-28/h1-18,24-27,30-31H,19-23H2. The van der Waals surface area contributed by atoms with Gasteiger partial charge in [-0.25, -0.2) is 0 Å². The molecule has 1 spiro atoms. The molecule has 5 aromatic rings. The van der Waals surface area contributed by atoms with Gasteiger partial charge in [0, 0.05) is 16.8 Å². The molecule has 0 saturated heterocycles. The smallest absolute Gasteiger partial charge is 0.0653 e. The molecule has 2 heteroatoms. The van der Waals surface area contributed by atoms with Crippen molar-refractivity contribution in [1.29, 1.82) is 0 Å². The van der Waals surface area contributed by atoms with E-state index in [2.05, 4.69) is 126 Å². The van der Waals surface area contributed by atoms with Gasteiger partial charge in [-0.1, -0.05) is 96.5 Å². The lowest BCUT2D eigenvalue weighted by Gasteiger charge is -2.61. The van der Waals surface area contributed by atoms with E-state index in [0.717, 1.165) is 45.8 Å². The van der Waals surface area contributed by atoms with Gasteiger partial charge < -0.3 is 4.90 Å². The van der Waals surface area contributed by atoms with Gasteiger partial charge in [0.1, 0.15) is 0 Å². The Balaban J connectivity index is 1.24. The van der Waals surface area contributed by atoms with E-state index in [0.29, 0.717) is 0 Å². The minimum absolute atomic E-state index is 0.109. The van der Waals surface area contributed by atoms with Crippen LogP contribution in [0.5, 0.6) is 0 Å². The highest BCUT2D eigenvalue weighted by Gasteiger charge is 2.61. The summed E-state index contributed by atoms with van der Waals surface area (Å²) in [5.74, 6) is 3.29. The van der Waals surface area contributed by atoms with E-state index in [1.807, 2.05) is 0 Å². The molecular weight excluding hydrogens is 530 g/mol. The number of anilines is 3. The summed E-state index contributed by atoms with van der Waals surface area (Å²) in [5, 5.41) is 0.806. The van der Waals surface area contributed by atoms with Crippen molar-refractivity contribution in [3.05, 3.63) is 137 Å². The molecule has 4 fully saturated rings. The van der Waals surface area contributed by atoms with Gasteiger partial charge in [-0.2, -0.15) is 0 Å². The molecule has 0 N–H and O–H groups in total. The highest BCUT2D eigenvalue weighted by atomic mass is 35.5. The van der Waals surface area contributed by atoms with Crippen molar-refractivity contribution in [1.82, 2.24) is 0 Å². The zero-order valence-corrected chi connectivity index (χ0v) is 24.5. The van der Waals surface area contributed by atoms with Crippen LogP contribution in [0.1, 0.15) is 43.2 Å². The fourth-order valence-electron chi connectivity index (χ4n) is 9.77. The Hall–Kier alpha value is -3.81. The van der Waals surface area contributed by atoms with Crippen LogP contribution in [0.25, 0.3) is 22.3 Å². The molecule has 5 aromatic carbocycles. The van der Waals surface area contributed by atoms with E-state index < -0.39 is 0 Å². The van der Waals surface area contributed by atoms with Crippen molar-refractivity contribution < 1.29 is 0 Å². The van der Waals surface area contributed by atoms with Crippen LogP contribution in [0.3, 0.4) is 0 Å². The summed E-state index contributed by atoms with van der Waals surface area (Å²) >= 11 is 7.33. The summed E-state index contributed by atoms with van der Waals surface area (Å²) in [7, 11) is 0. The monoisotopic (exact) mass is 563 g/mol. The van der Waals surface area contributed by atoms with Gasteiger partial charge in [0.25, 0.3) is 0 Å². The lowest BCUT2D eigenvalue weighted by atomic mass is 9.43. The largest absolute Gasteiger partial charge is 0.309 e. The number of halogens is 1. The van der Waals surface area contributed by atoms with Crippen molar-refractivity contribution >= 4 is 28.7 Å². The van der Waals surface area contributed by atoms with Crippen LogP contribution < -0.4 is 4.90 Å². The molecule has 0 heterocycles. The van der Waals surface area contributed by atoms with E-state index in [1.54, 1.807) is 5.56 Å². The minimum atomic E-state index is 0.109. The summed E-state index contributed by atoms with van der Waals surface area (Å²) in [5.41, 5.74) is 11.8. The second-order valence-electron chi connectivity index (χ2n) is 13.2. The molecule has 206 valence electrons. The Bertz CT molecular complexity index is 1760. The van der Waals surface area contributed by atoms with Gasteiger partial charge in [-0.15, -0.1) is 0 Å². The maximum absolute atomic E-state index is 7.33. The van der Waals surface area contributed by atoms with Crippen molar-refractivity contribution in [3.63, 3.8) is 0 Å². The van der Waals surface area contributed by atoms with Crippen molar-refractivity contribution in [2.24, 2.45) is 23.7 Å². The number of rotatable bonds is 4. The normalized spacial score (nSPS) is 26.3. The predicted octanol–water partition coefficient (Wildman–Crippen LogP) is 11.2. The van der Waals surface area contributed by atoms with Crippen LogP contribution in [0, 0.1) is 23.7 Å². The van der Waals surface area contributed by atoms with Crippen LogP contribution in [0.4, 0.5) is 17.1 Å². The Morgan fingerprint density at radius 3 is 1.79 bits per heavy atom. The first-order valence-corrected chi connectivity index (χ1v) is 16.0. The second kappa shape index (κ2) is 9.35. The number of benzene rings is 5. The quantitative estimate of drug-likeness (QED) is 0.210. The number of hydrogen-bond acceptors (Lipinski definition) is 1. The molecule has 0 aromatic heterocycles. The lowest BCUT2D eigenvalue weighted by molar-refractivity contribution is -0.0399. The van der Waals surface area contributed by atoms with E-state index in [1.165, 1.54) is 59.9 Å². The van der Waals surface area contributed by atoms with Crippen LogP contribution in [0.15, 0.2) is 121 Å². The molecule has 5 aliphatic rings. The second-order valence-corrected chi connectivity index (χ2v) is 13.6. The van der Waals surface area contributed by atoms with E-state index in [4.69, 9.17) is 11.6 Å². The zero-order chi connectivity index (χ0) is 27.8. The van der Waals surface area contributed by atoms with Gasteiger partial charge in [-0.05, 0) is 126 Å². The molecule has 0 unspecified atom stereocenters. The Morgan fingerprint density at radius 1 is 0.524 bits per heavy atom. The molecule has 0 aliphatic heterocycles. The molecule has 0 amide bonds. The van der Waals surface area contributed by atoms with Gasteiger partial charge in [0.15, 0.2) is 0 Å². The van der Waals surface area contributed by atoms with Crippen molar-refractivity contribution in [3.8, 4) is 22.3 Å². The number of para-hydroxylation sites is 1. The average molecular weight is 564 g/mol. The van der Waals surface area contributed by atoms with Gasteiger partial charge in [0.2, 0.25) is 0 Å². The lowest BCUT2D eigenvalue weighted by Crippen LogP contribution is -2.55. The molecule has 1 nitrogen and oxygen atoms in total. The SMILES string of the molecule is Clc1cc2c(cc1N(c1ccccc1)c1ccc(-c3ccccc3)cc1)C1(c3ccccc3-2)C2CC3CC(C2)CC1C3. The first-order chi connectivity index (χ1) is 20.7. The van der Waals surface area contributed by atoms with Gasteiger partial charge >= 0.3 is 0 Å². The summed E-state index contributed by atoms with van der Waals surface area (Å²) in [4.78, 5) is 2.37. The first-order valence-electron chi connectivity index (χ1n) is 15.6. The molecule has 0 radical (unpaired) electrons. The number of nitrogens with zero attached hydrogens (tertiary/aromatic N) is 1. The fraction of sp³-hybridized carbons (Fsp3) is 0.250. The van der Waals surface area contributed by atoms with E-state index in [-0.39, 0.29) is 5.41 Å². The van der Waals surface area contributed by atoms with E-state index in [9.17, 15) is 0 Å². The third-order valence-electron chi connectivity index (χ3n) is 11.1. The topological polar surface area (TPSA) is 3.24 Å². The van der Waals surface area contributed by atoms with Gasteiger partial charge in [-0.3, -0.25) is 0 Å². The maximum Gasteiger partial charge on any atom is 0.0653 e. The van der Waals surface area contributed by atoms with E-state index >= 15 is 0 Å². The van der Waals surface area contributed by atoms with Crippen LogP contribution >= 0.6 is 11.6 Å². The fourth-order valence-corrected chi connectivity index (χ4v) is 10.0. The minimum Gasteiger partial charge on any atom is -0.309 e. The van der Waals surface area contributed by atoms with Crippen molar-refractivity contribution in [2.45, 2.75) is 37.5 Å².